The molecule has 0 saturated carbocycles. The smallest absolute Gasteiger partial charge is 0.247 e. The molecule has 1 heterocycles. The third-order valence-corrected chi connectivity index (χ3v) is 5.37. The van der Waals surface area contributed by atoms with Crippen LogP contribution in [0.4, 0.5) is 5.69 Å². The fourth-order valence-electron chi connectivity index (χ4n) is 2.81. The number of hydrogen-bond donors (Lipinski definition) is 0. The maximum Gasteiger partial charge on any atom is 0.247 e. The summed E-state index contributed by atoms with van der Waals surface area (Å²) in [6, 6.07) is 11.1. The Bertz CT molecular complexity index is 913. The van der Waals surface area contributed by atoms with Crippen LogP contribution in [0.25, 0.3) is 0 Å². The van der Waals surface area contributed by atoms with Gasteiger partial charge in [0.2, 0.25) is 11.8 Å². The third kappa shape index (κ3) is 3.61. The van der Waals surface area contributed by atoms with Crippen LogP contribution >= 0.6 is 11.8 Å². The molecule has 0 aliphatic carbocycles. The van der Waals surface area contributed by atoms with Crippen molar-refractivity contribution in [2.45, 2.75) is 16.6 Å². The van der Waals surface area contributed by atoms with Crippen LogP contribution < -0.4 is 19.5 Å². The lowest BCUT2D eigenvalue weighted by Crippen LogP contribution is -2.31. The van der Waals surface area contributed by atoms with Crippen molar-refractivity contribution in [3.63, 3.8) is 0 Å². The summed E-state index contributed by atoms with van der Waals surface area (Å²) in [5.74, 6) is -1.33. The van der Waals surface area contributed by atoms with E-state index in [0.717, 1.165) is 16.7 Å². The van der Waals surface area contributed by atoms with Gasteiger partial charge in [0.05, 0.1) is 31.1 Å². The number of anilines is 1. The molecule has 0 aromatic heterocycles. The van der Waals surface area contributed by atoms with Crippen molar-refractivity contribution in [1.82, 2.24) is 0 Å². The van der Waals surface area contributed by atoms with Gasteiger partial charge >= 0.3 is 0 Å². The van der Waals surface area contributed by atoms with Gasteiger partial charge in [-0.1, -0.05) is 18.2 Å². The van der Waals surface area contributed by atoms with Gasteiger partial charge in [-0.2, -0.15) is 0 Å². The minimum Gasteiger partial charge on any atom is -0.545 e. The minimum atomic E-state index is -1.33. The van der Waals surface area contributed by atoms with Gasteiger partial charge in [0, 0.05) is 22.9 Å². The van der Waals surface area contributed by atoms with Gasteiger partial charge in [-0.05, 0) is 18.2 Å². The molecule has 7 nitrogen and oxygen atoms in total. The number of carboxylic acid groups (broad SMARTS) is 1. The number of methoxy groups -OCH3 is 2. The number of imide groups is 1. The average Bonchev–Trinajstić information content (AvgIpc) is 2.94. The van der Waals surface area contributed by atoms with Crippen LogP contribution in [0.15, 0.2) is 47.4 Å². The molecule has 8 heteroatoms. The molecule has 1 fully saturated rings. The van der Waals surface area contributed by atoms with Gasteiger partial charge in [0.15, 0.2) is 0 Å². The van der Waals surface area contributed by atoms with Gasteiger partial charge in [-0.15, -0.1) is 11.8 Å². The number of carbonyl (C=O) groups excluding carboxylic acids is 3. The van der Waals surface area contributed by atoms with Gasteiger partial charge < -0.3 is 19.4 Å². The van der Waals surface area contributed by atoms with E-state index in [1.807, 2.05) is 0 Å². The first kappa shape index (κ1) is 18.8. The Balaban J connectivity index is 1.92. The van der Waals surface area contributed by atoms with Crippen molar-refractivity contribution >= 4 is 35.2 Å². The molecule has 0 bridgehead atoms. The lowest BCUT2D eigenvalue weighted by Gasteiger charge is -2.19. The van der Waals surface area contributed by atoms with Crippen molar-refractivity contribution in [3.8, 4) is 11.5 Å². The summed E-state index contributed by atoms with van der Waals surface area (Å²) in [5, 5.41) is 10.5. The first-order valence-electron chi connectivity index (χ1n) is 8.02. The molecule has 27 heavy (non-hydrogen) atoms. The number of hydrogen-bond acceptors (Lipinski definition) is 7. The van der Waals surface area contributed by atoms with Crippen LogP contribution in [-0.4, -0.2) is 37.3 Å². The van der Waals surface area contributed by atoms with E-state index in [4.69, 9.17) is 9.47 Å². The molecule has 1 unspecified atom stereocenters. The molecule has 1 aliphatic heterocycles. The highest BCUT2D eigenvalue weighted by Crippen LogP contribution is 2.39. The normalized spacial score (nSPS) is 16.5. The van der Waals surface area contributed by atoms with Crippen LogP contribution in [0.1, 0.15) is 16.8 Å². The Morgan fingerprint density at radius 3 is 2.56 bits per heavy atom. The first-order valence-corrected chi connectivity index (χ1v) is 8.90. The quantitative estimate of drug-likeness (QED) is 0.694. The second-order valence-corrected chi connectivity index (χ2v) is 6.94. The van der Waals surface area contributed by atoms with E-state index in [9.17, 15) is 19.5 Å². The van der Waals surface area contributed by atoms with Crippen LogP contribution in [0.2, 0.25) is 0 Å². The summed E-state index contributed by atoms with van der Waals surface area (Å²) in [5.41, 5.74) is 0.281. The maximum absolute atomic E-state index is 12.9. The Hall–Kier alpha value is -3.00. The van der Waals surface area contributed by atoms with Gasteiger partial charge in [0.25, 0.3) is 0 Å². The van der Waals surface area contributed by atoms with E-state index < -0.39 is 23.0 Å². The maximum atomic E-state index is 12.9. The van der Waals surface area contributed by atoms with Gasteiger partial charge in [0.1, 0.15) is 11.5 Å². The fraction of sp³-hybridized carbons (Fsp3) is 0.211. The molecule has 140 valence electrons. The third-order valence-electron chi connectivity index (χ3n) is 4.11. The zero-order chi connectivity index (χ0) is 19.6. The molecule has 0 N–H and O–H groups in total. The van der Waals surface area contributed by atoms with Crippen LogP contribution in [0, 0.1) is 0 Å². The monoisotopic (exact) mass is 386 g/mol. The molecule has 3 rings (SSSR count). The fourth-order valence-corrected chi connectivity index (χ4v) is 3.99. The second kappa shape index (κ2) is 7.71. The highest BCUT2D eigenvalue weighted by Gasteiger charge is 2.41. The zero-order valence-corrected chi connectivity index (χ0v) is 15.4. The number of rotatable bonds is 6. The van der Waals surface area contributed by atoms with Gasteiger partial charge in [-0.3, -0.25) is 9.59 Å². The Morgan fingerprint density at radius 2 is 1.89 bits per heavy atom. The molecular weight excluding hydrogens is 370 g/mol. The van der Waals surface area contributed by atoms with E-state index in [1.165, 1.54) is 20.3 Å². The van der Waals surface area contributed by atoms with Crippen molar-refractivity contribution in [1.29, 1.82) is 0 Å². The largest absolute Gasteiger partial charge is 0.545 e. The molecule has 2 aromatic carbocycles. The van der Waals surface area contributed by atoms with Crippen molar-refractivity contribution < 1.29 is 29.0 Å². The summed E-state index contributed by atoms with van der Waals surface area (Å²) in [7, 11) is 2.92. The zero-order valence-electron chi connectivity index (χ0n) is 14.6. The Kier molecular flexibility index (Phi) is 5.36. The number of carboxylic acids is 1. The standard InChI is InChI=1S/C19H17NO6S/c1-25-11-7-8-14(26-2)13(9-11)20-17(21)10-16(18(20)22)27-15-6-4-3-5-12(15)19(23)24/h3-9,16H,10H2,1-2H3,(H,23,24)/p-1. The highest BCUT2D eigenvalue weighted by molar-refractivity contribution is 8.00. The van der Waals surface area contributed by atoms with Crippen molar-refractivity contribution in [2.75, 3.05) is 19.1 Å². The molecule has 2 amide bonds. The summed E-state index contributed by atoms with van der Waals surface area (Å²) >= 11 is 1.03. The van der Waals surface area contributed by atoms with E-state index >= 15 is 0 Å². The number of aromatic carboxylic acids is 1. The number of benzene rings is 2. The topological polar surface area (TPSA) is 96.0 Å². The van der Waals surface area contributed by atoms with Crippen molar-refractivity contribution in [3.05, 3.63) is 48.0 Å². The number of amides is 2. The van der Waals surface area contributed by atoms with Crippen LogP contribution in [0.5, 0.6) is 11.5 Å². The van der Waals surface area contributed by atoms with E-state index in [1.54, 1.807) is 36.4 Å². The predicted molar refractivity (Wildman–Crippen MR) is 97.1 cm³/mol. The molecule has 1 atom stereocenters. The van der Waals surface area contributed by atoms with E-state index in [0.29, 0.717) is 22.1 Å². The molecule has 0 spiro atoms. The SMILES string of the molecule is COc1ccc(OC)c(N2C(=O)CC(Sc3ccccc3C(=O)[O-])C2=O)c1. The number of ether oxygens (including phenoxy) is 2. The number of nitrogens with zero attached hydrogens (tertiary/aromatic N) is 1. The Labute approximate surface area is 159 Å². The summed E-state index contributed by atoms with van der Waals surface area (Å²) in [6.45, 7) is 0. The lowest BCUT2D eigenvalue weighted by molar-refractivity contribution is -0.255. The summed E-state index contributed by atoms with van der Waals surface area (Å²) in [6.07, 6.45) is -0.0504. The van der Waals surface area contributed by atoms with Gasteiger partial charge in [-0.25, -0.2) is 4.90 Å². The van der Waals surface area contributed by atoms with Crippen LogP contribution in [0.3, 0.4) is 0 Å². The molecule has 1 saturated heterocycles. The minimum absolute atomic E-state index is 0.0137. The van der Waals surface area contributed by atoms with Crippen LogP contribution in [-0.2, 0) is 9.59 Å². The average molecular weight is 386 g/mol. The summed E-state index contributed by atoms with van der Waals surface area (Å²) in [4.78, 5) is 38.1. The first-order chi connectivity index (χ1) is 13.0. The summed E-state index contributed by atoms with van der Waals surface area (Å²) < 4.78 is 10.4. The number of thioether (sulfide) groups is 1. The van der Waals surface area contributed by atoms with E-state index in [2.05, 4.69) is 0 Å². The molecule has 2 aromatic rings. The molecule has 0 radical (unpaired) electrons. The van der Waals surface area contributed by atoms with Crippen molar-refractivity contribution in [2.24, 2.45) is 0 Å². The van der Waals surface area contributed by atoms with E-state index in [-0.39, 0.29) is 12.0 Å². The molecule has 1 aliphatic rings. The second-order valence-electron chi connectivity index (χ2n) is 5.70. The molecular formula is C19H16NO6S-. The Morgan fingerprint density at radius 1 is 1.15 bits per heavy atom. The predicted octanol–water partition coefficient (Wildman–Crippen LogP) is 1.49. The lowest BCUT2D eigenvalue weighted by atomic mass is 10.2. The number of carbonyl (C=O) groups is 3. The highest BCUT2D eigenvalue weighted by atomic mass is 32.2.